The molecule has 6 nitrogen and oxygen atoms in total. The summed E-state index contributed by atoms with van der Waals surface area (Å²) < 4.78 is 5.13. The summed E-state index contributed by atoms with van der Waals surface area (Å²) >= 11 is 0. The van der Waals surface area contributed by atoms with E-state index in [2.05, 4.69) is 20.5 Å². The van der Waals surface area contributed by atoms with Gasteiger partial charge < -0.3 is 10.1 Å². The third-order valence-corrected chi connectivity index (χ3v) is 3.67. The van der Waals surface area contributed by atoms with Crippen LogP contribution in [0, 0.1) is 6.92 Å². The lowest BCUT2D eigenvalue weighted by molar-refractivity contribution is -0.115. The SMILES string of the molecule is COCc1cccc(CC(=O)Nc2cccc(-c3n[nH]c(C)n3)c2)c1. The van der Waals surface area contributed by atoms with Crippen LogP contribution in [0.3, 0.4) is 0 Å². The normalized spacial score (nSPS) is 10.6. The Bertz CT molecular complexity index is 873. The first-order valence-electron chi connectivity index (χ1n) is 8.00. The number of aromatic amines is 1. The number of anilines is 1. The molecule has 0 saturated carbocycles. The molecule has 0 unspecified atom stereocenters. The predicted molar refractivity (Wildman–Crippen MR) is 96.0 cm³/mol. The standard InChI is InChI=1S/C19H20N4O2/c1-13-20-19(23-22-13)16-7-4-8-17(11-16)21-18(24)10-14-5-3-6-15(9-14)12-25-2/h3-9,11H,10,12H2,1-2H3,(H,21,24)(H,20,22,23). The van der Waals surface area contributed by atoms with Gasteiger partial charge in [-0.15, -0.1) is 0 Å². The highest BCUT2D eigenvalue weighted by Gasteiger charge is 2.08. The molecule has 0 bridgehead atoms. The zero-order valence-corrected chi connectivity index (χ0v) is 14.2. The molecule has 25 heavy (non-hydrogen) atoms. The Balaban J connectivity index is 1.68. The van der Waals surface area contributed by atoms with Crippen LogP contribution >= 0.6 is 0 Å². The highest BCUT2D eigenvalue weighted by atomic mass is 16.5. The fourth-order valence-electron chi connectivity index (χ4n) is 2.59. The van der Waals surface area contributed by atoms with Gasteiger partial charge in [0.25, 0.3) is 0 Å². The van der Waals surface area contributed by atoms with Gasteiger partial charge in [0.15, 0.2) is 5.82 Å². The maximum absolute atomic E-state index is 12.3. The largest absolute Gasteiger partial charge is 0.380 e. The first kappa shape index (κ1) is 16.9. The average Bonchev–Trinajstić information content (AvgIpc) is 3.02. The number of aryl methyl sites for hydroxylation is 1. The second-order valence-electron chi connectivity index (χ2n) is 5.80. The molecule has 0 atom stereocenters. The van der Waals surface area contributed by atoms with Crippen molar-refractivity contribution in [3.05, 3.63) is 65.5 Å². The van der Waals surface area contributed by atoms with E-state index < -0.39 is 0 Å². The number of methoxy groups -OCH3 is 1. The number of hydrogen-bond acceptors (Lipinski definition) is 4. The van der Waals surface area contributed by atoms with E-state index in [4.69, 9.17) is 4.74 Å². The van der Waals surface area contributed by atoms with Crippen LogP contribution in [0.4, 0.5) is 5.69 Å². The van der Waals surface area contributed by atoms with E-state index in [-0.39, 0.29) is 5.91 Å². The Labute approximate surface area is 146 Å². The molecule has 0 spiro atoms. The number of ether oxygens (including phenoxy) is 1. The molecule has 3 rings (SSSR count). The van der Waals surface area contributed by atoms with Crippen molar-refractivity contribution >= 4 is 11.6 Å². The van der Waals surface area contributed by atoms with Crippen molar-refractivity contribution in [1.82, 2.24) is 15.2 Å². The van der Waals surface area contributed by atoms with Crippen LogP contribution in [-0.2, 0) is 22.6 Å². The van der Waals surface area contributed by atoms with Crippen molar-refractivity contribution in [2.24, 2.45) is 0 Å². The number of hydrogen-bond donors (Lipinski definition) is 2. The van der Waals surface area contributed by atoms with Crippen molar-refractivity contribution in [2.45, 2.75) is 20.0 Å². The van der Waals surface area contributed by atoms with Crippen molar-refractivity contribution in [1.29, 1.82) is 0 Å². The summed E-state index contributed by atoms with van der Waals surface area (Å²) in [7, 11) is 1.65. The molecule has 2 aromatic carbocycles. The Hall–Kier alpha value is -2.99. The molecule has 1 heterocycles. The van der Waals surface area contributed by atoms with Crippen LogP contribution in [0.5, 0.6) is 0 Å². The molecule has 0 fully saturated rings. The Morgan fingerprint density at radius 1 is 1.16 bits per heavy atom. The molecular formula is C19H20N4O2. The van der Waals surface area contributed by atoms with Gasteiger partial charge in [0.05, 0.1) is 13.0 Å². The van der Waals surface area contributed by atoms with Crippen molar-refractivity contribution in [2.75, 3.05) is 12.4 Å². The van der Waals surface area contributed by atoms with Crippen molar-refractivity contribution in [3.8, 4) is 11.4 Å². The Kier molecular flexibility index (Phi) is 5.20. The van der Waals surface area contributed by atoms with Gasteiger partial charge in [-0.3, -0.25) is 9.89 Å². The quantitative estimate of drug-likeness (QED) is 0.725. The number of nitrogens with zero attached hydrogens (tertiary/aromatic N) is 2. The summed E-state index contributed by atoms with van der Waals surface area (Å²) in [6, 6.07) is 15.3. The summed E-state index contributed by atoms with van der Waals surface area (Å²) in [6.45, 7) is 2.38. The highest BCUT2D eigenvalue weighted by molar-refractivity contribution is 5.92. The monoisotopic (exact) mass is 336 g/mol. The summed E-state index contributed by atoms with van der Waals surface area (Å²) in [5.41, 5.74) is 3.57. The van der Waals surface area contributed by atoms with E-state index in [1.807, 2.05) is 55.5 Å². The van der Waals surface area contributed by atoms with E-state index in [0.29, 0.717) is 18.9 Å². The number of carbonyl (C=O) groups is 1. The highest BCUT2D eigenvalue weighted by Crippen LogP contribution is 2.19. The van der Waals surface area contributed by atoms with E-state index in [9.17, 15) is 4.79 Å². The molecule has 0 saturated heterocycles. The third kappa shape index (κ3) is 4.51. The predicted octanol–water partition coefficient (Wildman–Crippen LogP) is 3.11. The molecule has 0 aliphatic heterocycles. The van der Waals surface area contributed by atoms with Gasteiger partial charge in [0.2, 0.25) is 5.91 Å². The van der Waals surface area contributed by atoms with Gasteiger partial charge >= 0.3 is 0 Å². The smallest absolute Gasteiger partial charge is 0.228 e. The maximum atomic E-state index is 12.3. The second-order valence-corrected chi connectivity index (χ2v) is 5.80. The topological polar surface area (TPSA) is 79.9 Å². The Morgan fingerprint density at radius 3 is 2.72 bits per heavy atom. The Morgan fingerprint density at radius 2 is 1.96 bits per heavy atom. The summed E-state index contributed by atoms with van der Waals surface area (Å²) in [5.74, 6) is 1.29. The first-order valence-corrected chi connectivity index (χ1v) is 8.00. The zero-order chi connectivity index (χ0) is 17.6. The molecule has 0 aliphatic carbocycles. The van der Waals surface area contributed by atoms with Crippen LogP contribution in [0.2, 0.25) is 0 Å². The maximum Gasteiger partial charge on any atom is 0.228 e. The third-order valence-electron chi connectivity index (χ3n) is 3.67. The molecular weight excluding hydrogens is 316 g/mol. The fraction of sp³-hybridized carbons (Fsp3) is 0.211. The molecule has 0 radical (unpaired) electrons. The lowest BCUT2D eigenvalue weighted by atomic mass is 10.1. The lowest BCUT2D eigenvalue weighted by Crippen LogP contribution is -2.14. The van der Waals surface area contributed by atoms with E-state index >= 15 is 0 Å². The summed E-state index contributed by atoms with van der Waals surface area (Å²) in [4.78, 5) is 16.6. The minimum Gasteiger partial charge on any atom is -0.380 e. The first-order chi connectivity index (χ1) is 12.1. The fourth-order valence-corrected chi connectivity index (χ4v) is 2.59. The second kappa shape index (κ2) is 7.72. The zero-order valence-electron chi connectivity index (χ0n) is 14.2. The number of aromatic nitrogens is 3. The molecule has 1 amide bonds. The number of rotatable bonds is 6. The molecule has 6 heteroatoms. The van der Waals surface area contributed by atoms with Gasteiger partial charge in [0, 0.05) is 18.4 Å². The minimum absolute atomic E-state index is 0.0714. The molecule has 1 aromatic heterocycles. The van der Waals surface area contributed by atoms with E-state index in [1.54, 1.807) is 7.11 Å². The van der Waals surface area contributed by atoms with Gasteiger partial charge in [-0.1, -0.05) is 36.4 Å². The van der Waals surface area contributed by atoms with Gasteiger partial charge in [-0.2, -0.15) is 5.10 Å². The number of carbonyl (C=O) groups excluding carboxylic acids is 1. The van der Waals surface area contributed by atoms with Crippen LogP contribution in [0.1, 0.15) is 17.0 Å². The van der Waals surface area contributed by atoms with E-state index in [0.717, 1.165) is 28.2 Å². The minimum atomic E-state index is -0.0714. The van der Waals surface area contributed by atoms with Crippen molar-refractivity contribution in [3.63, 3.8) is 0 Å². The van der Waals surface area contributed by atoms with Crippen LogP contribution in [0.25, 0.3) is 11.4 Å². The van der Waals surface area contributed by atoms with Crippen LogP contribution < -0.4 is 5.32 Å². The van der Waals surface area contributed by atoms with Crippen LogP contribution in [-0.4, -0.2) is 28.2 Å². The summed E-state index contributed by atoms with van der Waals surface area (Å²) in [6.07, 6.45) is 0.307. The molecule has 128 valence electrons. The number of nitrogens with one attached hydrogen (secondary N) is 2. The molecule has 0 aliphatic rings. The molecule has 3 aromatic rings. The number of H-pyrrole nitrogens is 1. The van der Waals surface area contributed by atoms with Gasteiger partial charge in [-0.25, -0.2) is 4.98 Å². The average molecular weight is 336 g/mol. The van der Waals surface area contributed by atoms with Gasteiger partial charge in [0.1, 0.15) is 5.82 Å². The van der Waals surface area contributed by atoms with Crippen molar-refractivity contribution < 1.29 is 9.53 Å². The lowest BCUT2D eigenvalue weighted by Gasteiger charge is -2.08. The summed E-state index contributed by atoms with van der Waals surface area (Å²) in [5, 5.41) is 9.88. The molecule has 2 N–H and O–H groups in total. The number of benzene rings is 2. The van der Waals surface area contributed by atoms with Gasteiger partial charge in [-0.05, 0) is 30.2 Å². The van der Waals surface area contributed by atoms with E-state index in [1.165, 1.54) is 0 Å². The number of amides is 1. The van der Waals surface area contributed by atoms with Crippen LogP contribution in [0.15, 0.2) is 48.5 Å².